The van der Waals surface area contributed by atoms with Crippen LogP contribution in [0.5, 0.6) is 0 Å². The van der Waals surface area contributed by atoms with Gasteiger partial charge in [-0.1, -0.05) is 6.92 Å². The van der Waals surface area contributed by atoms with Crippen LogP contribution in [0.2, 0.25) is 0 Å². The highest BCUT2D eigenvalue weighted by Crippen LogP contribution is 2.21. The van der Waals surface area contributed by atoms with E-state index in [4.69, 9.17) is 0 Å². The number of aryl methyl sites for hydroxylation is 2. The number of carbonyl (C=O) groups is 1. The Bertz CT molecular complexity index is 772. The summed E-state index contributed by atoms with van der Waals surface area (Å²) in [6.45, 7) is 5.48. The number of aromatic amines is 1. The minimum Gasteiger partial charge on any atom is -0.339 e. The average molecular weight is 311 g/mol. The Labute approximate surface area is 135 Å². The van der Waals surface area contributed by atoms with Crippen LogP contribution in [-0.2, 0) is 6.42 Å². The van der Waals surface area contributed by atoms with Gasteiger partial charge in [0.2, 0.25) is 0 Å². The minimum atomic E-state index is -0.0467. The Balaban J connectivity index is 1.90. The number of hydrogen-bond donors (Lipinski definition) is 1. The third-order valence-corrected chi connectivity index (χ3v) is 4.38. The van der Waals surface area contributed by atoms with Gasteiger partial charge in [0.1, 0.15) is 0 Å². The normalized spacial score (nSPS) is 14.3. The summed E-state index contributed by atoms with van der Waals surface area (Å²) in [6.07, 6.45) is 4.46. The number of aromatic nitrogens is 2. The standard InChI is InChI=1S/C18H21N3O2/c1-3-13-10-15(12(2)20-17(13)22)16-7-6-14(11-19-16)18(23)21-8-4-5-9-21/h6-7,10-11H,3-5,8-9H2,1-2H3,(H,20,22). The van der Waals surface area contributed by atoms with Crippen molar-refractivity contribution in [1.82, 2.24) is 14.9 Å². The van der Waals surface area contributed by atoms with Crippen LogP contribution in [0.15, 0.2) is 29.2 Å². The molecule has 5 heteroatoms. The van der Waals surface area contributed by atoms with Crippen LogP contribution >= 0.6 is 0 Å². The van der Waals surface area contributed by atoms with Gasteiger partial charge in [0.05, 0.1) is 11.3 Å². The fourth-order valence-corrected chi connectivity index (χ4v) is 2.98. The number of amides is 1. The molecular formula is C18H21N3O2. The quantitative estimate of drug-likeness (QED) is 0.947. The average Bonchev–Trinajstić information content (AvgIpc) is 3.09. The molecule has 0 atom stereocenters. The zero-order valence-corrected chi connectivity index (χ0v) is 13.6. The molecular weight excluding hydrogens is 290 g/mol. The van der Waals surface area contributed by atoms with Gasteiger partial charge in [0.25, 0.3) is 11.5 Å². The Morgan fingerprint density at radius 3 is 2.65 bits per heavy atom. The summed E-state index contributed by atoms with van der Waals surface area (Å²) in [4.78, 5) is 33.3. The van der Waals surface area contributed by atoms with E-state index in [-0.39, 0.29) is 11.5 Å². The third kappa shape index (κ3) is 3.04. The van der Waals surface area contributed by atoms with E-state index in [1.54, 1.807) is 6.20 Å². The lowest BCUT2D eigenvalue weighted by molar-refractivity contribution is 0.0792. The van der Waals surface area contributed by atoms with Crippen molar-refractivity contribution in [3.63, 3.8) is 0 Å². The first-order valence-electron chi connectivity index (χ1n) is 8.08. The SMILES string of the molecule is CCc1cc(-c2ccc(C(=O)N3CCCC3)cn2)c(C)[nH]c1=O. The van der Waals surface area contributed by atoms with E-state index in [1.165, 1.54) is 0 Å². The number of H-pyrrole nitrogens is 1. The van der Waals surface area contributed by atoms with E-state index in [0.717, 1.165) is 48.4 Å². The Morgan fingerprint density at radius 1 is 1.30 bits per heavy atom. The van der Waals surface area contributed by atoms with Crippen molar-refractivity contribution in [3.05, 3.63) is 51.6 Å². The van der Waals surface area contributed by atoms with E-state index >= 15 is 0 Å². The van der Waals surface area contributed by atoms with E-state index < -0.39 is 0 Å². The fourth-order valence-electron chi connectivity index (χ4n) is 2.98. The molecule has 0 aliphatic carbocycles. The number of nitrogens with zero attached hydrogens (tertiary/aromatic N) is 2. The number of rotatable bonds is 3. The van der Waals surface area contributed by atoms with Crippen molar-refractivity contribution < 1.29 is 4.79 Å². The summed E-state index contributed by atoms with van der Waals surface area (Å²) in [5.41, 5.74) is 3.78. The number of pyridine rings is 2. The highest BCUT2D eigenvalue weighted by Gasteiger charge is 2.19. The second-order valence-electron chi connectivity index (χ2n) is 5.95. The van der Waals surface area contributed by atoms with Gasteiger partial charge in [-0.05, 0) is 44.4 Å². The molecule has 3 heterocycles. The molecule has 1 saturated heterocycles. The highest BCUT2D eigenvalue weighted by molar-refractivity contribution is 5.94. The van der Waals surface area contributed by atoms with Crippen LogP contribution in [0, 0.1) is 6.92 Å². The molecule has 0 saturated carbocycles. The molecule has 1 N–H and O–H groups in total. The first kappa shape index (κ1) is 15.5. The molecule has 0 aromatic carbocycles. The van der Waals surface area contributed by atoms with Gasteiger partial charge in [-0.3, -0.25) is 14.6 Å². The van der Waals surface area contributed by atoms with Gasteiger partial charge < -0.3 is 9.88 Å². The number of nitrogens with one attached hydrogen (secondary N) is 1. The Morgan fingerprint density at radius 2 is 2.04 bits per heavy atom. The molecule has 2 aromatic heterocycles. The summed E-state index contributed by atoms with van der Waals surface area (Å²) in [6, 6.07) is 5.56. The summed E-state index contributed by atoms with van der Waals surface area (Å²) >= 11 is 0. The maximum atomic E-state index is 12.3. The van der Waals surface area contributed by atoms with Crippen LogP contribution in [0.25, 0.3) is 11.3 Å². The second-order valence-corrected chi connectivity index (χ2v) is 5.95. The maximum Gasteiger partial charge on any atom is 0.255 e. The molecule has 1 aliphatic rings. The molecule has 23 heavy (non-hydrogen) atoms. The smallest absolute Gasteiger partial charge is 0.255 e. The van der Waals surface area contributed by atoms with Crippen molar-refractivity contribution in [2.75, 3.05) is 13.1 Å². The zero-order chi connectivity index (χ0) is 16.4. The molecule has 1 aliphatic heterocycles. The van der Waals surface area contributed by atoms with Crippen LogP contribution in [0.3, 0.4) is 0 Å². The summed E-state index contributed by atoms with van der Waals surface area (Å²) in [7, 11) is 0. The first-order chi connectivity index (χ1) is 11.1. The highest BCUT2D eigenvalue weighted by atomic mass is 16.2. The van der Waals surface area contributed by atoms with Gasteiger partial charge in [-0.2, -0.15) is 0 Å². The molecule has 5 nitrogen and oxygen atoms in total. The van der Waals surface area contributed by atoms with Gasteiger partial charge in [-0.25, -0.2) is 0 Å². The molecule has 120 valence electrons. The predicted molar refractivity (Wildman–Crippen MR) is 89.5 cm³/mol. The lowest BCUT2D eigenvalue weighted by atomic mass is 10.1. The molecule has 0 unspecified atom stereocenters. The maximum absolute atomic E-state index is 12.3. The fraction of sp³-hybridized carbons (Fsp3) is 0.389. The van der Waals surface area contributed by atoms with Crippen molar-refractivity contribution >= 4 is 5.91 Å². The van der Waals surface area contributed by atoms with Crippen molar-refractivity contribution in [2.24, 2.45) is 0 Å². The Kier molecular flexibility index (Phi) is 4.28. The zero-order valence-electron chi connectivity index (χ0n) is 13.6. The molecule has 1 amide bonds. The van der Waals surface area contributed by atoms with E-state index in [2.05, 4.69) is 9.97 Å². The summed E-state index contributed by atoms with van der Waals surface area (Å²) in [5, 5.41) is 0. The van der Waals surface area contributed by atoms with Crippen LogP contribution in [0.4, 0.5) is 0 Å². The molecule has 2 aromatic rings. The first-order valence-corrected chi connectivity index (χ1v) is 8.08. The number of hydrogen-bond acceptors (Lipinski definition) is 3. The lowest BCUT2D eigenvalue weighted by Gasteiger charge is -2.15. The van der Waals surface area contributed by atoms with Gasteiger partial charge in [0, 0.05) is 36.1 Å². The van der Waals surface area contributed by atoms with Gasteiger partial charge >= 0.3 is 0 Å². The topological polar surface area (TPSA) is 66.1 Å². The van der Waals surface area contributed by atoms with Crippen LogP contribution < -0.4 is 5.56 Å². The molecule has 1 fully saturated rings. The number of likely N-dealkylation sites (tertiary alicyclic amines) is 1. The largest absolute Gasteiger partial charge is 0.339 e. The van der Waals surface area contributed by atoms with Crippen LogP contribution in [0.1, 0.15) is 41.4 Å². The summed E-state index contributed by atoms with van der Waals surface area (Å²) in [5.74, 6) is 0.0500. The third-order valence-electron chi connectivity index (χ3n) is 4.38. The van der Waals surface area contributed by atoms with E-state index in [0.29, 0.717) is 12.0 Å². The van der Waals surface area contributed by atoms with Gasteiger partial charge in [0.15, 0.2) is 0 Å². The van der Waals surface area contributed by atoms with Crippen molar-refractivity contribution in [3.8, 4) is 11.3 Å². The van der Waals surface area contributed by atoms with E-state index in [9.17, 15) is 9.59 Å². The summed E-state index contributed by atoms with van der Waals surface area (Å²) < 4.78 is 0. The van der Waals surface area contributed by atoms with Gasteiger partial charge in [-0.15, -0.1) is 0 Å². The van der Waals surface area contributed by atoms with Crippen molar-refractivity contribution in [1.29, 1.82) is 0 Å². The van der Waals surface area contributed by atoms with Crippen molar-refractivity contribution in [2.45, 2.75) is 33.1 Å². The molecule has 0 spiro atoms. The Hall–Kier alpha value is -2.43. The lowest BCUT2D eigenvalue weighted by Crippen LogP contribution is -2.27. The van der Waals surface area contributed by atoms with Crippen LogP contribution in [-0.4, -0.2) is 33.9 Å². The predicted octanol–water partition coefficient (Wildman–Crippen LogP) is 2.54. The second kappa shape index (κ2) is 6.36. The minimum absolute atomic E-state index is 0.0467. The van der Waals surface area contributed by atoms with E-state index in [1.807, 2.05) is 36.9 Å². The molecule has 0 radical (unpaired) electrons. The monoisotopic (exact) mass is 311 g/mol. The molecule has 0 bridgehead atoms. The number of carbonyl (C=O) groups excluding carboxylic acids is 1. The molecule has 3 rings (SSSR count).